The molecule has 0 radical (unpaired) electrons. The van der Waals surface area contributed by atoms with E-state index in [-0.39, 0.29) is 17.0 Å². The number of carbonyl (C=O) groups is 1. The molecule has 0 aromatic carbocycles. The highest BCUT2D eigenvalue weighted by molar-refractivity contribution is 8.26. The molecule has 1 unspecified atom stereocenters. The Hall–Kier alpha value is -2.11. The van der Waals surface area contributed by atoms with Gasteiger partial charge in [0.25, 0.3) is 11.5 Å². The largest absolute Gasteiger partial charge is 0.357 e. The molecule has 0 bridgehead atoms. The summed E-state index contributed by atoms with van der Waals surface area (Å²) in [5.74, 6) is 1.27. The van der Waals surface area contributed by atoms with Crippen molar-refractivity contribution in [3.05, 3.63) is 31.9 Å². The van der Waals surface area contributed by atoms with E-state index in [1.165, 1.54) is 11.8 Å². The Balaban J connectivity index is 2.15. The minimum atomic E-state index is -0.241. The molecule has 1 amide bonds. The van der Waals surface area contributed by atoms with E-state index in [2.05, 4.69) is 24.8 Å². The fourth-order valence-corrected chi connectivity index (χ4v) is 5.93. The quantitative estimate of drug-likeness (QED) is 0.290. The van der Waals surface area contributed by atoms with Crippen molar-refractivity contribution in [1.29, 1.82) is 5.26 Å². The van der Waals surface area contributed by atoms with Gasteiger partial charge in [0.05, 0.1) is 4.91 Å². The van der Waals surface area contributed by atoms with Gasteiger partial charge in [-0.2, -0.15) is 5.26 Å². The Morgan fingerprint density at radius 2 is 1.97 bits per heavy atom. The lowest BCUT2D eigenvalue weighted by Crippen LogP contribution is -2.40. The zero-order valence-electron chi connectivity index (χ0n) is 20.1. The Kier molecular flexibility index (Phi) is 8.77. The molecule has 3 rings (SSSR count). The van der Waals surface area contributed by atoms with Crippen LogP contribution >= 0.6 is 24.0 Å². The molecule has 33 heavy (non-hydrogen) atoms. The first-order valence-corrected chi connectivity index (χ1v) is 13.2. The van der Waals surface area contributed by atoms with E-state index in [4.69, 9.17) is 12.2 Å². The number of nitriles is 1. The van der Waals surface area contributed by atoms with Crippen molar-refractivity contribution in [3.63, 3.8) is 0 Å². The molecular weight excluding hydrogens is 452 g/mol. The monoisotopic (exact) mass is 486 g/mol. The normalized spacial score (nSPS) is 20.1. The Morgan fingerprint density at radius 1 is 1.21 bits per heavy atom. The van der Waals surface area contributed by atoms with Crippen LogP contribution in [0.3, 0.4) is 0 Å². The maximum Gasteiger partial charge on any atom is 0.270 e. The van der Waals surface area contributed by atoms with Crippen LogP contribution in [0.15, 0.2) is 9.70 Å². The SMILES string of the molecule is CCCCCN1C(=O)/C(=C/c2c(C)c(C#N)c(=O)n(CCC)c2N2CCCC(C)C2)SC1=S. The second-order valence-electron chi connectivity index (χ2n) is 9.04. The van der Waals surface area contributed by atoms with Gasteiger partial charge in [-0.3, -0.25) is 19.1 Å². The number of piperidine rings is 1. The second-order valence-corrected chi connectivity index (χ2v) is 10.7. The molecule has 0 aliphatic carbocycles. The molecule has 1 aromatic rings. The van der Waals surface area contributed by atoms with Gasteiger partial charge in [-0.25, -0.2) is 0 Å². The fraction of sp³-hybridized carbons (Fsp3) is 0.600. The molecular formula is C25H34N4O2S2. The number of aromatic nitrogens is 1. The summed E-state index contributed by atoms with van der Waals surface area (Å²) in [5.41, 5.74) is 1.35. The van der Waals surface area contributed by atoms with Gasteiger partial charge < -0.3 is 4.90 Å². The fourth-order valence-electron chi connectivity index (χ4n) is 4.64. The van der Waals surface area contributed by atoms with E-state index < -0.39 is 0 Å². The molecule has 1 aromatic heterocycles. The van der Waals surface area contributed by atoms with Crippen LogP contribution in [0.2, 0.25) is 0 Å². The van der Waals surface area contributed by atoms with E-state index in [0.717, 1.165) is 63.0 Å². The minimum absolute atomic E-state index is 0.0785. The highest BCUT2D eigenvalue weighted by Gasteiger charge is 2.33. The summed E-state index contributed by atoms with van der Waals surface area (Å²) in [6, 6.07) is 2.12. The van der Waals surface area contributed by atoms with E-state index in [0.29, 0.717) is 33.8 Å². The standard InChI is InChI=1S/C25H34N4O2S2/c1-5-7-8-13-29-24(31)21(33-25(29)32)14-19-18(4)20(15-26)23(30)28(11-6-2)22(19)27-12-9-10-17(3)16-27/h14,17H,5-13,16H2,1-4H3/b21-14-. The number of rotatable bonds is 8. The summed E-state index contributed by atoms with van der Waals surface area (Å²) in [6.45, 7) is 11.1. The molecule has 0 N–H and O–H groups in total. The molecule has 2 fully saturated rings. The average Bonchev–Trinajstić information content (AvgIpc) is 3.05. The maximum atomic E-state index is 13.3. The van der Waals surface area contributed by atoms with Crippen LogP contribution in [-0.2, 0) is 11.3 Å². The Morgan fingerprint density at radius 3 is 2.61 bits per heavy atom. The molecule has 2 aliphatic heterocycles. The lowest BCUT2D eigenvalue weighted by atomic mass is 9.98. The molecule has 0 saturated carbocycles. The van der Waals surface area contributed by atoms with Crippen molar-refractivity contribution < 1.29 is 4.79 Å². The van der Waals surface area contributed by atoms with Crippen molar-refractivity contribution in [2.75, 3.05) is 24.5 Å². The topological polar surface area (TPSA) is 69.3 Å². The third kappa shape index (κ3) is 5.36. The van der Waals surface area contributed by atoms with E-state index >= 15 is 0 Å². The van der Waals surface area contributed by atoms with Gasteiger partial charge in [0, 0.05) is 31.7 Å². The van der Waals surface area contributed by atoms with Crippen LogP contribution in [0.1, 0.15) is 76.0 Å². The van der Waals surface area contributed by atoms with Gasteiger partial charge >= 0.3 is 0 Å². The lowest BCUT2D eigenvalue weighted by Gasteiger charge is -2.36. The zero-order valence-corrected chi connectivity index (χ0v) is 21.8. The number of carbonyl (C=O) groups excluding carboxylic acids is 1. The van der Waals surface area contributed by atoms with Crippen LogP contribution in [0, 0.1) is 24.2 Å². The predicted molar refractivity (Wildman–Crippen MR) is 140 cm³/mol. The number of nitrogens with zero attached hydrogens (tertiary/aromatic N) is 4. The molecule has 6 nitrogen and oxygen atoms in total. The van der Waals surface area contributed by atoms with Gasteiger partial charge in [0.1, 0.15) is 21.8 Å². The molecule has 2 saturated heterocycles. The van der Waals surface area contributed by atoms with E-state index in [1.54, 1.807) is 9.47 Å². The van der Waals surface area contributed by atoms with Crippen LogP contribution in [0.4, 0.5) is 5.82 Å². The number of hydrogen-bond donors (Lipinski definition) is 0. The summed E-state index contributed by atoms with van der Waals surface area (Å²) >= 11 is 6.83. The second kappa shape index (κ2) is 11.3. The number of amides is 1. The maximum absolute atomic E-state index is 13.3. The van der Waals surface area contributed by atoms with E-state index in [9.17, 15) is 14.9 Å². The zero-order chi connectivity index (χ0) is 24.1. The molecule has 3 heterocycles. The van der Waals surface area contributed by atoms with Gasteiger partial charge in [-0.1, -0.05) is 57.6 Å². The van der Waals surface area contributed by atoms with E-state index in [1.807, 2.05) is 19.9 Å². The van der Waals surface area contributed by atoms with Crippen LogP contribution in [-0.4, -0.2) is 39.3 Å². The first-order valence-electron chi connectivity index (χ1n) is 12.0. The van der Waals surface area contributed by atoms with Crippen LogP contribution < -0.4 is 10.5 Å². The highest BCUT2D eigenvalue weighted by atomic mass is 32.2. The number of anilines is 1. The summed E-state index contributed by atoms with van der Waals surface area (Å²) in [4.78, 5) is 31.0. The van der Waals surface area contributed by atoms with Crippen LogP contribution in [0.25, 0.3) is 6.08 Å². The number of pyridine rings is 1. The molecule has 8 heteroatoms. The van der Waals surface area contributed by atoms with Gasteiger partial charge in [-0.05, 0) is 50.2 Å². The number of thioether (sulfide) groups is 1. The third-order valence-corrected chi connectivity index (χ3v) is 7.76. The lowest BCUT2D eigenvalue weighted by molar-refractivity contribution is -0.122. The van der Waals surface area contributed by atoms with Gasteiger partial charge in [0.2, 0.25) is 0 Å². The van der Waals surface area contributed by atoms with Gasteiger partial charge in [0.15, 0.2) is 0 Å². The average molecular weight is 487 g/mol. The van der Waals surface area contributed by atoms with Crippen molar-refractivity contribution in [2.45, 2.75) is 72.8 Å². The smallest absolute Gasteiger partial charge is 0.270 e. The van der Waals surface area contributed by atoms with Crippen molar-refractivity contribution >= 4 is 46.1 Å². The third-order valence-electron chi connectivity index (χ3n) is 6.38. The first-order chi connectivity index (χ1) is 15.8. The molecule has 0 spiro atoms. The summed E-state index contributed by atoms with van der Waals surface area (Å²) in [6.07, 6.45) is 7.93. The summed E-state index contributed by atoms with van der Waals surface area (Å²) in [5, 5.41) is 9.78. The van der Waals surface area contributed by atoms with Crippen molar-refractivity contribution in [3.8, 4) is 6.07 Å². The van der Waals surface area contributed by atoms with Crippen LogP contribution in [0.5, 0.6) is 0 Å². The van der Waals surface area contributed by atoms with Crippen molar-refractivity contribution in [2.24, 2.45) is 5.92 Å². The number of hydrogen-bond acceptors (Lipinski definition) is 6. The van der Waals surface area contributed by atoms with Crippen molar-refractivity contribution in [1.82, 2.24) is 9.47 Å². The Labute approximate surface area is 206 Å². The predicted octanol–water partition coefficient (Wildman–Crippen LogP) is 5.07. The van der Waals surface area contributed by atoms with Gasteiger partial charge in [-0.15, -0.1) is 0 Å². The number of thiocarbonyl (C=S) groups is 1. The molecule has 2 aliphatic rings. The summed E-state index contributed by atoms with van der Waals surface area (Å²) in [7, 11) is 0. The minimum Gasteiger partial charge on any atom is -0.357 e. The first kappa shape index (κ1) is 25.5. The Bertz CT molecular complexity index is 1050. The highest BCUT2D eigenvalue weighted by Crippen LogP contribution is 2.37. The summed E-state index contributed by atoms with van der Waals surface area (Å²) < 4.78 is 2.33. The number of unbranched alkanes of at least 4 members (excludes halogenated alkanes) is 2. The molecule has 178 valence electrons. The molecule has 1 atom stereocenters.